The average Bonchev–Trinajstić information content (AvgIpc) is 2.77. The largest absolute Gasteiger partial charge is 0.469 e. The zero-order chi connectivity index (χ0) is 24.2. The molecule has 0 aliphatic carbocycles. The van der Waals surface area contributed by atoms with E-state index >= 15 is 0 Å². The fourth-order valence-corrected chi connectivity index (χ4v) is 3.90. The Labute approximate surface area is 190 Å². The molecule has 2 aromatic rings. The molecule has 1 aliphatic heterocycles. The second-order valence-electron chi connectivity index (χ2n) is 7.78. The van der Waals surface area contributed by atoms with Crippen LogP contribution < -0.4 is 5.32 Å². The summed E-state index contributed by atoms with van der Waals surface area (Å²) in [5.74, 6) is 0.264. The minimum atomic E-state index is -4.45. The highest BCUT2D eigenvalue weighted by atomic mass is 19.4. The molecule has 10 heteroatoms. The maximum atomic E-state index is 13.5. The number of carbonyl (C=O) groups excluding carboxylic acids is 1. The van der Waals surface area contributed by atoms with Crippen molar-refractivity contribution in [1.82, 2.24) is 9.97 Å². The van der Waals surface area contributed by atoms with E-state index in [-0.39, 0.29) is 12.0 Å². The normalized spacial score (nSPS) is 15.8. The number of esters is 1. The van der Waals surface area contributed by atoms with E-state index in [0.29, 0.717) is 48.1 Å². The van der Waals surface area contributed by atoms with Crippen LogP contribution >= 0.6 is 0 Å². The van der Waals surface area contributed by atoms with Crippen LogP contribution in [-0.4, -0.2) is 36.3 Å². The van der Waals surface area contributed by atoms with Gasteiger partial charge in [0.05, 0.1) is 49.6 Å². The Balaban J connectivity index is 2.07. The lowest BCUT2D eigenvalue weighted by Crippen LogP contribution is -2.24. The summed E-state index contributed by atoms with van der Waals surface area (Å²) in [6.07, 6.45) is -4.16. The second-order valence-corrected chi connectivity index (χ2v) is 7.78. The summed E-state index contributed by atoms with van der Waals surface area (Å²) in [6, 6.07) is 3.67. The number of carbonyl (C=O) groups is 1. The average molecular weight is 467 g/mol. The molecule has 1 aromatic heterocycles. The predicted molar refractivity (Wildman–Crippen MR) is 115 cm³/mol. The van der Waals surface area contributed by atoms with Crippen molar-refractivity contribution in [2.24, 2.45) is 0 Å². The summed E-state index contributed by atoms with van der Waals surface area (Å²) >= 11 is 0. The Hall–Kier alpha value is -2.72. The Morgan fingerprint density at radius 2 is 1.94 bits per heavy atom. The molecule has 1 saturated heterocycles. The minimum Gasteiger partial charge on any atom is -0.469 e. The van der Waals surface area contributed by atoms with Crippen molar-refractivity contribution < 1.29 is 32.2 Å². The third-order valence-corrected chi connectivity index (χ3v) is 5.51. The molecule has 0 radical (unpaired) electrons. The van der Waals surface area contributed by atoms with Gasteiger partial charge in [-0.3, -0.25) is 4.79 Å². The number of ether oxygens (including phenoxy) is 3. The van der Waals surface area contributed by atoms with E-state index in [1.807, 2.05) is 6.92 Å². The minimum absolute atomic E-state index is 0.119. The Bertz CT molecular complexity index is 992. The van der Waals surface area contributed by atoms with Crippen molar-refractivity contribution >= 4 is 11.8 Å². The van der Waals surface area contributed by atoms with E-state index in [2.05, 4.69) is 15.3 Å². The first-order valence-electron chi connectivity index (χ1n) is 10.8. The van der Waals surface area contributed by atoms with Gasteiger partial charge in [0.15, 0.2) is 6.29 Å². The number of halogens is 3. The number of benzene rings is 1. The fraction of sp³-hybridized carbons (Fsp3) is 0.522. The molecule has 7 nitrogen and oxygen atoms in total. The van der Waals surface area contributed by atoms with Crippen LogP contribution in [0.3, 0.4) is 0 Å². The van der Waals surface area contributed by atoms with E-state index in [9.17, 15) is 18.0 Å². The summed E-state index contributed by atoms with van der Waals surface area (Å²) in [6.45, 7) is 5.92. The molecular weight excluding hydrogens is 439 g/mol. The molecule has 1 fully saturated rings. The van der Waals surface area contributed by atoms with Crippen LogP contribution in [0, 0.1) is 13.8 Å². The number of alkyl halides is 3. The molecule has 1 unspecified atom stereocenters. The fourth-order valence-electron chi connectivity index (χ4n) is 3.90. The van der Waals surface area contributed by atoms with Crippen molar-refractivity contribution in [3.63, 3.8) is 0 Å². The molecule has 2 heterocycles. The smallest absolute Gasteiger partial charge is 0.416 e. The lowest BCUT2D eigenvalue weighted by Gasteiger charge is -2.29. The van der Waals surface area contributed by atoms with Crippen molar-refractivity contribution in [3.05, 3.63) is 52.0 Å². The zero-order valence-corrected chi connectivity index (χ0v) is 19.1. The molecule has 1 aliphatic rings. The van der Waals surface area contributed by atoms with Crippen LogP contribution in [-0.2, 0) is 31.6 Å². The van der Waals surface area contributed by atoms with Gasteiger partial charge >= 0.3 is 12.1 Å². The molecule has 1 atom stereocenters. The SMILES string of the molecule is CCC(Nc1nc(C)nc(CC(=O)OC)c1C1OCCCO1)c1cccc(C(F)(F)F)c1C. The third kappa shape index (κ3) is 5.80. The first kappa shape index (κ1) is 24.9. The van der Waals surface area contributed by atoms with Crippen molar-refractivity contribution in [3.8, 4) is 0 Å². The number of aromatic nitrogens is 2. The van der Waals surface area contributed by atoms with Gasteiger partial charge < -0.3 is 19.5 Å². The quantitative estimate of drug-likeness (QED) is 0.584. The van der Waals surface area contributed by atoms with Gasteiger partial charge in [0.2, 0.25) is 0 Å². The Morgan fingerprint density at radius 3 is 2.55 bits per heavy atom. The first-order valence-corrected chi connectivity index (χ1v) is 10.8. The van der Waals surface area contributed by atoms with Crippen molar-refractivity contribution in [1.29, 1.82) is 0 Å². The van der Waals surface area contributed by atoms with Crippen LogP contribution in [0.1, 0.15) is 65.9 Å². The summed E-state index contributed by atoms with van der Waals surface area (Å²) in [5.41, 5.74) is 0.823. The van der Waals surface area contributed by atoms with Crippen LogP contribution in [0.5, 0.6) is 0 Å². The standard InChI is InChI=1S/C23H28F3N3O4/c1-5-17(15-8-6-9-16(13(15)2)23(24,25)26)29-21-20(22-32-10-7-11-33-22)18(12-19(30)31-4)27-14(3)28-21/h6,8-9,17,22H,5,7,10-12H2,1-4H3,(H,27,28,29). The number of aryl methyl sites for hydroxylation is 1. The molecule has 33 heavy (non-hydrogen) atoms. The van der Waals surface area contributed by atoms with E-state index in [1.165, 1.54) is 20.1 Å². The summed E-state index contributed by atoms with van der Waals surface area (Å²) in [5, 5.41) is 3.27. The number of rotatable bonds is 7. The van der Waals surface area contributed by atoms with E-state index in [4.69, 9.17) is 14.2 Å². The van der Waals surface area contributed by atoms with Crippen LogP contribution in [0.4, 0.5) is 19.0 Å². The van der Waals surface area contributed by atoms with Crippen LogP contribution in [0.25, 0.3) is 0 Å². The number of nitrogens with zero attached hydrogens (tertiary/aromatic N) is 2. The predicted octanol–water partition coefficient (Wildman–Crippen LogP) is 4.83. The topological polar surface area (TPSA) is 82.6 Å². The van der Waals surface area contributed by atoms with Gasteiger partial charge in [-0.25, -0.2) is 9.97 Å². The monoisotopic (exact) mass is 467 g/mol. The van der Waals surface area contributed by atoms with Gasteiger partial charge in [-0.2, -0.15) is 13.2 Å². The van der Waals surface area contributed by atoms with Gasteiger partial charge in [-0.15, -0.1) is 0 Å². The van der Waals surface area contributed by atoms with Crippen LogP contribution in [0.15, 0.2) is 18.2 Å². The maximum absolute atomic E-state index is 13.5. The number of hydrogen-bond donors (Lipinski definition) is 1. The number of anilines is 1. The van der Waals surface area contributed by atoms with Gasteiger partial charge in [0.1, 0.15) is 11.6 Å². The van der Waals surface area contributed by atoms with Gasteiger partial charge in [0.25, 0.3) is 0 Å². The van der Waals surface area contributed by atoms with Crippen LogP contribution in [0.2, 0.25) is 0 Å². The van der Waals surface area contributed by atoms with E-state index in [0.717, 1.165) is 12.5 Å². The molecular formula is C23H28F3N3O4. The van der Waals surface area contributed by atoms with Crippen molar-refractivity contribution in [2.45, 2.75) is 58.5 Å². The summed E-state index contributed by atoms with van der Waals surface area (Å²) < 4.78 is 56.8. The lowest BCUT2D eigenvalue weighted by molar-refractivity contribution is -0.183. The molecule has 180 valence electrons. The Kier molecular flexibility index (Phi) is 7.91. The summed E-state index contributed by atoms with van der Waals surface area (Å²) in [4.78, 5) is 20.9. The van der Waals surface area contributed by atoms with Gasteiger partial charge in [0, 0.05) is 0 Å². The van der Waals surface area contributed by atoms with Gasteiger partial charge in [-0.05, 0) is 43.9 Å². The Morgan fingerprint density at radius 1 is 1.24 bits per heavy atom. The highest BCUT2D eigenvalue weighted by Crippen LogP contribution is 2.37. The first-order chi connectivity index (χ1) is 15.7. The third-order valence-electron chi connectivity index (χ3n) is 5.51. The molecule has 0 amide bonds. The number of nitrogens with one attached hydrogen (secondary N) is 1. The van der Waals surface area contributed by atoms with Crippen molar-refractivity contribution in [2.75, 3.05) is 25.6 Å². The molecule has 0 bridgehead atoms. The highest BCUT2D eigenvalue weighted by Gasteiger charge is 2.34. The molecule has 3 rings (SSSR count). The maximum Gasteiger partial charge on any atom is 0.416 e. The molecule has 0 saturated carbocycles. The molecule has 0 spiro atoms. The zero-order valence-electron chi connectivity index (χ0n) is 19.1. The molecule has 1 aromatic carbocycles. The highest BCUT2D eigenvalue weighted by molar-refractivity contribution is 5.73. The van der Waals surface area contributed by atoms with E-state index < -0.39 is 30.0 Å². The second kappa shape index (κ2) is 10.5. The number of methoxy groups -OCH3 is 1. The lowest BCUT2D eigenvalue weighted by atomic mass is 9.94. The van der Waals surface area contributed by atoms with E-state index in [1.54, 1.807) is 13.0 Å². The van der Waals surface area contributed by atoms with Gasteiger partial charge in [-0.1, -0.05) is 19.1 Å². The summed E-state index contributed by atoms with van der Waals surface area (Å²) in [7, 11) is 1.28. The molecule has 1 N–H and O–H groups in total. The number of hydrogen-bond acceptors (Lipinski definition) is 7.